The van der Waals surface area contributed by atoms with Crippen LogP contribution < -0.4 is 5.32 Å². The monoisotopic (exact) mass is 399 g/mol. The fourth-order valence-corrected chi connectivity index (χ4v) is 3.59. The number of aliphatic imine (C=N–C) groups is 1. The Labute approximate surface area is 173 Å². The second-order valence-corrected chi connectivity index (χ2v) is 7.94. The maximum atomic E-state index is 6.06. The van der Waals surface area contributed by atoms with Gasteiger partial charge < -0.3 is 19.5 Å². The van der Waals surface area contributed by atoms with Gasteiger partial charge in [-0.15, -0.1) is 0 Å². The molecule has 0 amide bonds. The largest absolute Gasteiger partial charge is 0.370 e. The van der Waals surface area contributed by atoms with Gasteiger partial charge in [-0.25, -0.2) is 0 Å². The van der Waals surface area contributed by atoms with Crippen LogP contribution in [0, 0.1) is 13.8 Å². The van der Waals surface area contributed by atoms with Crippen LogP contribution >= 0.6 is 0 Å². The molecule has 7 heteroatoms. The number of aryl methyl sites for hydroxylation is 3. The fraction of sp³-hybridized carbons (Fsp3) is 0.591. The van der Waals surface area contributed by atoms with Gasteiger partial charge in [0.2, 0.25) is 5.89 Å². The molecule has 1 aromatic carbocycles. The number of benzene rings is 1. The van der Waals surface area contributed by atoms with Crippen molar-refractivity contribution in [3.8, 4) is 0 Å². The van der Waals surface area contributed by atoms with Gasteiger partial charge >= 0.3 is 0 Å². The average Bonchev–Trinajstić information content (AvgIpc) is 3.17. The highest BCUT2D eigenvalue weighted by Gasteiger charge is 2.25. The molecular formula is C22H33N5O2. The summed E-state index contributed by atoms with van der Waals surface area (Å²) in [6.07, 6.45) is 1.73. The average molecular weight is 400 g/mol. The normalized spacial score (nSPS) is 17.8. The first kappa shape index (κ1) is 21.3. The van der Waals surface area contributed by atoms with Crippen molar-refractivity contribution in [3.05, 3.63) is 46.6 Å². The zero-order chi connectivity index (χ0) is 20.8. The van der Waals surface area contributed by atoms with E-state index in [-0.39, 0.29) is 12.0 Å². The van der Waals surface area contributed by atoms with Crippen LogP contribution in [0.5, 0.6) is 0 Å². The Morgan fingerprint density at radius 1 is 1.34 bits per heavy atom. The van der Waals surface area contributed by atoms with Gasteiger partial charge in [0.1, 0.15) is 6.10 Å². The van der Waals surface area contributed by atoms with Gasteiger partial charge in [-0.2, -0.15) is 4.98 Å². The summed E-state index contributed by atoms with van der Waals surface area (Å²) >= 11 is 0. The molecular weight excluding hydrogens is 366 g/mol. The van der Waals surface area contributed by atoms with Crippen LogP contribution in [0.25, 0.3) is 0 Å². The van der Waals surface area contributed by atoms with E-state index in [9.17, 15) is 0 Å². The van der Waals surface area contributed by atoms with Gasteiger partial charge in [0.05, 0.1) is 13.2 Å². The predicted octanol–water partition coefficient (Wildman–Crippen LogP) is 3.39. The Kier molecular flexibility index (Phi) is 7.25. The zero-order valence-electron chi connectivity index (χ0n) is 18.2. The van der Waals surface area contributed by atoms with Crippen molar-refractivity contribution < 1.29 is 9.26 Å². The first-order valence-electron chi connectivity index (χ1n) is 10.4. The van der Waals surface area contributed by atoms with E-state index in [4.69, 9.17) is 9.26 Å². The van der Waals surface area contributed by atoms with E-state index in [0.717, 1.165) is 44.3 Å². The van der Waals surface area contributed by atoms with Gasteiger partial charge in [0, 0.05) is 32.5 Å². The zero-order valence-corrected chi connectivity index (χ0v) is 18.2. The molecule has 0 bridgehead atoms. The number of guanidine groups is 1. The number of rotatable bonds is 6. The van der Waals surface area contributed by atoms with Crippen LogP contribution in [-0.2, 0) is 11.2 Å². The van der Waals surface area contributed by atoms with Crippen molar-refractivity contribution in [2.45, 2.75) is 52.6 Å². The third-order valence-electron chi connectivity index (χ3n) is 5.20. The van der Waals surface area contributed by atoms with Crippen molar-refractivity contribution in [2.24, 2.45) is 4.99 Å². The minimum atomic E-state index is 0.0655. The molecule has 7 nitrogen and oxygen atoms in total. The van der Waals surface area contributed by atoms with Crippen LogP contribution in [0.4, 0.5) is 0 Å². The summed E-state index contributed by atoms with van der Waals surface area (Å²) < 4.78 is 11.4. The maximum Gasteiger partial charge on any atom is 0.226 e. The number of nitrogens with zero attached hydrogens (tertiary/aromatic N) is 4. The topological polar surface area (TPSA) is 75.8 Å². The fourth-order valence-electron chi connectivity index (χ4n) is 3.59. The molecule has 0 aliphatic carbocycles. The number of morpholine rings is 1. The van der Waals surface area contributed by atoms with E-state index in [1.165, 1.54) is 16.7 Å². The molecule has 2 aromatic rings. The van der Waals surface area contributed by atoms with Crippen molar-refractivity contribution in [1.29, 1.82) is 0 Å². The van der Waals surface area contributed by atoms with Crippen molar-refractivity contribution >= 4 is 5.96 Å². The second-order valence-electron chi connectivity index (χ2n) is 7.94. The SMILES string of the molecule is CN=C(NCCCc1nc(C(C)C)no1)N1CCOC(c2ccc(C)cc2C)C1. The van der Waals surface area contributed by atoms with E-state index < -0.39 is 0 Å². The standard InChI is InChI=1S/C22H33N5O2/c1-15(2)21-25-20(29-26-21)7-6-10-24-22(23-5)27-11-12-28-19(14-27)18-9-8-16(3)13-17(18)4/h8-9,13,15,19H,6-7,10-12,14H2,1-5H3,(H,23,24). The van der Waals surface area contributed by atoms with Crippen LogP contribution in [0.2, 0.25) is 0 Å². The van der Waals surface area contributed by atoms with Crippen LogP contribution in [0.3, 0.4) is 0 Å². The maximum absolute atomic E-state index is 6.06. The number of ether oxygens (including phenoxy) is 1. The second kappa shape index (κ2) is 9.87. The molecule has 29 heavy (non-hydrogen) atoms. The Hall–Kier alpha value is -2.41. The summed E-state index contributed by atoms with van der Waals surface area (Å²) in [4.78, 5) is 11.2. The van der Waals surface area contributed by atoms with E-state index in [1.807, 2.05) is 7.05 Å². The van der Waals surface area contributed by atoms with Crippen molar-refractivity contribution in [3.63, 3.8) is 0 Å². The van der Waals surface area contributed by atoms with Crippen molar-refractivity contribution in [1.82, 2.24) is 20.4 Å². The van der Waals surface area contributed by atoms with Gasteiger partial charge in [0.25, 0.3) is 0 Å². The van der Waals surface area contributed by atoms with Crippen LogP contribution in [0.15, 0.2) is 27.7 Å². The highest BCUT2D eigenvalue weighted by atomic mass is 16.5. The molecule has 1 fully saturated rings. The van der Waals surface area contributed by atoms with Crippen molar-refractivity contribution in [2.75, 3.05) is 33.3 Å². The smallest absolute Gasteiger partial charge is 0.226 e. The first-order chi connectivity index (χ1) is 14.0. The number of aromatic nitrogens is 2. The molecule has 2 heterocycles. The number of nitrogens with one attached hydrogen (secondary N) is 1. The molecule has 1 aliphatic rings. The third kappa shape index (κ3) is 5.56. The molecule has 1 N–H and O–H groups in total. The number of hydrogen-bond donors (Lipinski definition) is 1. The summed E-state index contributed by atoms with van der Waals surface area (Å²) in [5, 5.41) is 7.48. The molecule has 1 atom stereocenters. The van der Waals surface area contributed by atoms with E-state index in [0.29, 0.717) is 12.5 Å². The minimum absolute atomic E-state index is 0.0655. The van der Waals surface area contributed by atoms with Gasteiger partial charge in [-0.1, -0.05) is 42.8 Å². The van der Waals surface area contributed by atoms with Crippen LogP contribution in [-0.4, -0.2) is 54.3 Å². The summed E-state index contributed by atoms with van der Waals surface area (Å²) in [7, 11) is 1.83. The van der Waals surface area contributed by atoms with Gasteiger partial charge in [0.15, 0.2) is 11.8 Å². The Balaban J connectivity index is 1.51. The van der Waals surface area contributed by atoms with E-state index >= 15 is 0 Å². The minimum Gasteiger partial charge on any atom is -0.370 e. The molecule has 0 saturated carbocycles. The highest BCUT2D eigenvalue weighted by Crippen LogP contribution is 2.25. The Morgan fingerprint density at radius 2 is 2.17 bits per heavy atom. The summed E-state index contributed by atoms with van der Waals surface area (Å²) in [5.74, 6) is 2.67. The summed E-state index contributed by atoms with van der Waals surface area (Å²) in [6, 6.07) is 6.55. The molecule has 158 valence electrons. The van der Waals surface area contributed by atoms with E-state index in [2.05, 4.69) is 71.2 Å². The molecule has 1 unspecified atom stereocenters. The van der Waals surface area contributed by atoms with E-state index in [1.54, 1.807) is 0 Å². The summed E-state index contributed by atoms with van der Waals surface area (Å²) in [5.41, 5.74) is 3.81. The predicted molar refractivity (Wildman–Crippen MR) is 114 cm³/mol. The molecule has 3 rings (SSSR count). The lowest BCUT2D eigenvalue weighted by atomic mass is 10.00. The Bertz CT molecular complexity index is 830. The third-order valence-corrected chi connectivity index (χ3v) is 5.20. The van der Waals surface area contributed by atoms with Crippen LogP contribution in [0.1, 0.15) is 60.7 Å². The highest BCUT2D eigenvalue weighted by molar-refractivity contribution is 5.80. The molecule has 1 saturated heterocycles. The lowest BCUT2D eigenvalue weighted by Crippen LogP contribution is -2.48. The lowest BCUT2D eigenvalue weighted by Gasteiger charge is -2.35. The molecule has 0 spiro atoms. The van der Waals surface area contributed by atoms with Gasteiger partial charge in [-0.3, -0.25) is 4.99 Å². The summed E-state index contributed by atoms with van der Waals surface area (Å²) in [6.45, 7) is 11.5. The Morgan fingerprint density at radius 3 is 2.86 bits per heavy atom. The first-order valence-corrected chi connectivity index (χ1v) is 10.4. The van der Waals surface area contributed by atoms with Gasteiger partial charge in [-0.05, 0) is 31.4 Å². The molecule has 1 aromatic heterocycles. The number of hydrogen-bond acceptors (Lipinski definition) is 5. The molecule has 0 radical (unpaired) electrons. The quantitative estimate of drug-likeness (QED) is 0.456. The lowest BCUT2D eigenvalue weighted by molar-refractivity contribution is -0.00831. The molecule has 1 aliphatic heterocycles.